The Balaban J connectivity index is 1.82. The van der Waals surface area contributed by atoms with Crippen LogP contribution in [0.1, 0.15) is 60.0 Å². The van der Waals surface area contributed by atoms with E-state index < -0.39 is 5.97 Å². The Morgan fingerprint density at radius 2 is 2.29 bits per heavy atom. The van der Waals surface area contributed by atoms with Crippen molar-refractivity contribution in [2.75, 3.05) is 7.11 Å². The molecular weight excluding hydrogens is 274 g/mol. The third kappa shape index (κ3) is 2.79. The smallest absolute Gasteiger partial charge is 0.360 e. The Hall–Kier alpha value is -2.25. The van der Waals surface area contributed by atoms with Gasteiger partial charge in [-0.25, -0.2) is 9.48 Å². The topological polar surface area (TPSA) is 95.9 Å². The van der Waals surface area contributed by atoms with Crippen molar-refractivity contribution < 1.29 is 14.1 Å². The average Bonchev–Trinajstić information content (AvgIpc) is 3.12. The van der Waals surface area contributed by atoms with Gasteiger partial charge < -0.3 is 9.26 Å². The van der Waals surface area contributed by atoms with Gasteiger partial charge in [0.25, 0.3) is 0 Å². The summed E-state index contributed by atoms with van der Waals surface area (Å²) in [5.41, 5.74) is 0.993. The highest BCUT2D eigenvalue weighted by Gasteiger charge is 2.30. The summed E-state index contributed by atoms with van der Waals surface area (Å²) in [4.78, 5) is 16.0. The fourth-order valence-corrected chi connectivity index (χ4v) is 2.16. The SMILES string of the molecule is CCCc1c(C(=O)OC)nnn1Cc1noc(C2CC2)n1. The van der Waals surface area contributed by atoms with Crippen molar-refractivity contribution in [2.45, 2.75) is 45.1 Å². The number of hydrogen-bond donors (Lipinski definition) is 0. The van der Waals surface area contributed by atoms with E-state index in [9.17, 15) is 4.79 Å². The predicted molar refractivity (Wildman–Crippen MR) is 70.7 cm³/mol. The Labute approximate surface area is 121 Å². The highest BCUT2D eigenvalue weighted by Crippen LogP contribution is 2.38. The van der Waals surface area contributed by atoms with E-state index in [1.165, 1.54) is 7.11 Å². The molecule has 0 unspecified atom stereocenters. The van der Waals surface area contributed by atoms with Crippen LogP contribution in [0.25, 0.3) is 0 Å². The molecule has 1 fully saturated rings. The molecule has 0 amide bonds. The molecule has 2 aromatic heterocycles. The Bertz CT molecular complexity index is 644. The van der Waals surface area contributed by atoms with Gasteiger partial charge in [0.05, 0.1) is 12.8 Å². The lowest BCUT2D eigenvalue weighted by Gasteiger charge is -2.03. The van der Waals surface area contributed by atoms with Gasteiger partial charge in [0.15, 0.2) is 11.5 Å². The number of ether oxygens (including phenoxy) is 1. The number of carbonyl (C=O) groups is 1. The van der Waals surface area contributed by atoms with Gasteiger partial charge in [0.1, 0.15) is 6.54 Å². The molecule has 0 atom stereocenters. The normalized spacial score (nSPS) is 14.4. The first-order chi connectivity index (χ1) is 10.2. The van der Waals surface area contributed by atoms with Crippen molar-refractivity contribution in [1.82, 2.24) is 25.1 Å². The van der Waals surface area contributed by atoms with E-state index in [4.69, 9.17) is 9.26 Å². The number of esters is 1. The molecule has 0 N–H and O–H groups in total. The second-order valence-corrected chi connectivity index (χ2v) is 5.11. The number of methoxy groups -OCH3 is 1. The van der Waals surface area contributed by atoms with Crippen molar-refractivity contribution in [3.8, 4) is 0 Å². The van der Waals surface area contributed by atoms with Crippen LogP contribution in [-0.4, -0.2) is 38.2 Å². The molecule has 1 aliphatic rings. The van der Waals surface area contributed by atoms with Crippen LogP contribution in [0.5, 0.6) is 0 Å². The monoisotopic (exact) mass is 291 g/mol. The standard InChI is InChI=1S/C13H17N5O3/c1-3-4-9-11(13(19)20-2)15-17-18(9)7-10-14-12(21-16-10)8-5-6-8/h8H,3-7H2,1-2H3. The summed E-state index contributed by atoms with van der Waals surface area (Å²) in [5.74, 6) is 1.19. The largest absolute Gasteiger partial charge is 0.464 e. The van der Waals surface area contributed by atoms with E-state index in [0.29, 0.717) is 30.6 Å². The molecule has 0 bridgehead atoms. The van der Waals surface area contributed by atoms with Crippen molar-refractivity contribution in [2.24, 2.45) is 0 Å². The van der Waals surface area contributed by atoms with Crippen LogP contribution in [0.3, 0.4) is 0 Å². The third-order valence-electron chi connectivity index (χ3n) is 3.40. The molecule has 8 heteroatoms. The molecule has 0 saturated heterocycles. The summed E-state index contributed by atoms with van der Waals surface area (Å²) in [6, 6.07) is 0. The lowest BCUT2D eigenvalue weighted by molar-refractivity contribution is 0.0592. The Morgan fingerprint density at radius 1 is 1.48 bits per heavy atom. The van der Waals surface area contributed by atoms with E-state index in [1.807, 2.05) is 6.92 Å². The van der Waals surface area contributed by atoms with Gasteiger partial charge in [-0.2, -0.15) is 4.98 Å². The number of hydrogen-bond acceptors (Lipinski definition) is 7. The third-order valence-corrected chi connectivity index (χ3v) is 3.40. The molecule has 8 nitrogen and oxygen atoms in total. The summed E-state index contributed by atoms with van der Waals surface area (Å²) >= 11 is 0. The molecule has 112 valence electrons. The molecule has 2 aromatic rings. The Morgan fingerprint density at radius 3 is 2.95 bits per heavy atom. The second-order valence-electron chi connectivity index (χ2n) is 5.11. The van der Waals surface area contributed by atoms with E-state index in [0.717, 1.165) is 25.0 Å². The predicted octanol–water partition coefficient (Wildman–Crippen LogP) is 1.33. The van der Waals surface area contributed by atoms with Crippen LogP contribution in [0.15, 0.2) is 4.52 Å². The van der Waals surface area contributed by atoms with E-state index in [2.05, 4.69) is 20.5 Å². The fourth-order valence-electron chi connectivity index (χ4n) is 2.16. The summed E-state index contributed by atoms with van der Waals surface area (Å²) < 4.78 is 11.6. The van der Waals surface area contributed by atoms with Gasteiger partial charge in [-0.1, -0.05) is 23.7 Å². The highest BCUT2D eigenvalue weighted by atomic mass is 16.5. The molecule has 1 saturated carbocycles. The van der Waals surface area contributed by atoms with Gasteiger partial charge in [-0.15, -0.1) is 5.10 Å². The van der Waals surface area contributed by atoms with Gasteiger partial charge in [0.2, 0.25) is 5.89 Å². The van der Waals surface area contributed by atoms with Crippen LogP contribution >= 0.6 is 0 Å². The van der Waals surface area contributed by atoms with Crippen LogP contribution in [0.2, 0.25) is 0 Å². The molecule has 0 aromatic carbocycles. The molecule has 1 aliphatic carbocycles. The van der Waals surface area contributed by atoms with Gasteiger partial charge in [0, 0.05) is 5.92 Å². The van der Waals surface area contributed by atoms with Gasteiger partial charge in [-0.3, -0.25) is 0 Å². The first-order valence-electron chi connectivity index (χ1n) is 7.06. The number of aromatic nitrogens is 5. The molecule has 21 heavy (non-hydrogen) atoms. The minimum absolute atomic E-state index is 0.255. The lowest BCUT2D eigenvalue weighted by Crippen LogP contribution is -2.11. The molecule has 0 spiro atoms. The minimum Gasteiger partial charge on any atom is -0.464 e. The van der Waals surface area contributed by atoms with Crippen molar-refractivity contribution in [3.05, 3.63) is 23.1 Å². The zero-order valence-electron chi connectivity index (χ0n) is 12.1. The fraction of sp³-hybridized carbons (Fsp3) is 0.615. The second kappa shape index (κ2) is 5.63. The molecular formula is C13H17N5O3. The van der Waals surface area contributed by atoms with E-state index in [-0.39, 0.29) is 5.69 Å². The first kappa shape index (κ1) is 13.7. The number of nitrogens with zero attached hydrogens (tertiary/aromatic N) is 5. The number of rotatable bonds is 6. The van der Waals surface area contributed by atoms with Gasteiger partial charge >= 0.3 is 5.97 Å². The summed E-state index contributed by atoms with van der Waals surface area (Å²) in [7, 11) is 1.33. The number of carbonyl (C=O) groups excluding carboxylic acids is 1. The average molecular weight is 291 g/mol. The van der Waals surface area contributed by atoms with Crippen molar-refractivity contribution in [3.63, 3.8) is 0 Å². The lowest BCUT2D eigenvalue weighted by atomic mass is 10.2. The maximum atomic E-state index is 11.7. The molecule has 0 radical (unpaired) electrons. The van der Waals surface area contributed by atoms with Crippen molar-refractivity contribution in [1.29, 1.82) is 0 Å². The zero-order chi connectivity index (χ0) is 14.8. The zero-order valence-corrected chi connectivity index (χ0v) is 12.1. The van der Waals surface area contributed by atoms with Crippen molar-refractivity contribution >= 4 is 5.97 Å². The molecule has 0 aliphatic heterocycles. The highest BCUT2D eigenvalue weighted by molar-refractivity contribution is 5.88. The minimum atomic E-state index is -0.475. The van der Waals surface area contributed by atoms with Crippen LogP contribution in [0, 0.1) is 0 Å². The first-order valence-corrected chi connectivity index (χ1v) is 7.06. The molecule has 2 heterocycles. The molecule has 3 rings (SSSR count). The van der Waals surface area contributed by atoms with Crippen LogP contribution < -0.4 is 0 Å². The van der Waals surface area contributed by atoms with E-state index >= 15 is 0 Å². The maximum Gasteiger partial charge on any atom is 0.360 e. The van der Waals surface area contributed by atoms with E-state index in [1.54, 1.807) is 4.68 Å². The summed E-state index contributed by atoms with van der Waals surface area (Å²) in [6.45, 7) is 2.37. The van der Waals surface area contributed by atoms with Gasteiger partial charge in [-0.05, 0) is 19.3 Å². The van der Waals surface area contributed by atoms with Crippen LogP contribution in [-0.2, 0) is 17.7 Å². The Kier molecular flexibility index (Phi) is 3.68. The van der Waals surface area contributed by atoms with Crippen LogP contribution in [0.4, 0.5) is 0 Å². The summed E-state index contributed by atoms with van der Waals surface area (Å²) in [5, 5.41) is 11.9. The maximum absolute atomic E-state index is 11.7. The summed E-state index contributed by atoms with van der Waals surface area (Å²) in [6.07, 6.45) is 3.78. The quantitative estimate of drug-likeness (QED) is 0.740.